The van der Waals surface area contributed by atoms with Gasteiger partial charge in [-0.2, -0.15) is 0 Å². The van der Waals surface area contributed by atoms with Crippen LogP contribution in [0.15, 0.2) is 42.5 Å². The molecule has 0 amide bonds. The summed E-state index contributed by atoms with van der Waals surface area (Å²) in [5.74, 6) is 1.76. The van der Waals surface area contributed by atoms with E-state index in [4.69, 9.17) is 0 Å². The second-order valence-corrected chi connectivity index (χ2v) is 8.04. The van der Waals surface area contributed by atoms with Crippen molar-refractivity contribution < 1.29 is 5.11 Å². The molecule has 0 unspecified atom stereocenters. The first-order valence-corrected chi connectivity index (χ1v) is 10.2. The molecule has 2 aliphatic rings. The molecule has 2 saturated carbocycles. The predicted octanol–water partition coefficient (Wildman–Crippen LogP) is 7.15. The summed E-state index contributed by atoms with van der Waals surface area (Å²) in [7, 11) is 0. The number of hydrogen-bond donors (Lipinski definition) is 1. The molecule has 2 aromatic rings. The summed E-state index contributed by atoms with van der Waals surface area (Å²) in [5, 5.41) is 11.1. The van der Waals surface area contributed by atoms with Gasteiger partial charge in [0.25, 0.3) is 0 Å². The Morgan fingerprint density at radius 3 is 1.92 bits per heavy atom. The quantitative estimate of drug-likeness (QED) is 0.631. The summed E-state index contributed by atoms with van der Waals surface area (Å²) in [6.45, 7) is 0. The van der Waals surface area contributed by atoms with Gasteiger partial charge in [0.1, 0.15) is 5.75 Å². The number of hydrogen-bond acceptors (Lipinski definition) is 1. The van der Waals surface area contributed by atoms with Crippen molar-refractivity contribution in [2.24, 2.45) is 0 Å². The van der Waals surface area contributed by atoms with E-state index in [1.54, 1.807) is 0 Å². The van der Waals surface area contributed by atoms with Crippen molar-refractivity contribution in [3.05, 3.63) is 53.6 Å². The molecule has 0 spiro atoms. The molecule has 132 valence electrons. The van der Waals surface area contributed by atoms with Crippen LogP contribution < -0.4 is 0 Å². The van der Waals surface area contributed by atoms with Gasteiger partial charge in [0, 0.05) is 5.56 Å². The molecule has 0 bridgehead atoms. The molecular weight excluding hydrogens is 304 g/mol. The Hall–Kier alpha value is -1.76. The van der Waals surface area contributed by atoms with Crippen LogP contribution in [-0.2, 0) is 0 Å². The monoisotopic (exact) mass is 334 g/mol. The van der Waals surface area contributed by atoms with E-state index in [1.165, 1.54) is 75.3 Å². The van der Waals surface area contributed by atoms with Crippen LogP contribution in [0.2, 0.25) is 0 Å². The number of rotatable bonds is 3. The zero-order chi connectivity index (χ0) is 17.1. The SMILES string of the molecule is Oc1c(-c2ccccc2)cc(C2CCCCC2)cc1C1CCCCC1. The van der Waals surface area contributed by atoms with E-state index < -0.39 is 0 Å². The molecule has 2 fully saturated rings. The minimum atomic E-state index is 0.539. The average Bonchev–Trinajstić information content (AvgIpc) is 2.70. The molecule has 0 saturated heterocycles. The van der Waals surface area contributed by atoms with Crippen molar-refractivity contribution in [2.75, 3.05) is 0 Å². The fraction of sp³-hybridized carbons (Fsp3) is 0.500. The normalized spacial score (nSPS) is 19.8. The lowest BCUT2D eigenvalue weighted by Crippen LogP contribution is -2.09. The van der Waals surface area contributed by atoms with Gasteiger partial charge >= 0.3 is 0 Å². The van der Waals surface area contributed by atoms with Gasteiger partial charge in [0.2, 0.25) is 0 Å². The van der Waals surface area contributed by atoms with Crippen molar-refractivity contribution in [1.82, 2.24) is 0 Å². The largest absolute Gasteiger partial charge is 0.507 e. The highest BCUT2D eigenvalue weighted by atomic mass is 16.3. The van der Waals surface area contributed by atoms with Crippen LogP contribution >= 0.6 is 0 Å². The molecule has 2 aliphatic carbocycles. The molecule has 0 heterocycles. The van der Waals surface area contributed by atoms with Gasteiger partial charge in [-0.15, -0.1) is 0 Å². The molecule has 0 radical (unpaired) electrons. The molecule has 1 nitrogen and oxygen atoms in total. The maximum Gasteiger partial charge on any atom is 0.126 e. The number of aromatic hydroxyl groups is 1. The molecule has 0 aromatic heterocycles. The predicted molar refractivity (Wildman–Crippen MR) is 105 cm³/mol. The Morgan fingerprint density at radius 2 is 1.28 bits per heavy atom. The van der Waals surface area contributed by atoms with Crippen LogP contribution in [0.25, 0.3) is 11.1 Å². The summed E-state index contributed by atoms with van der Waals surface area (Å²) < 4.78 is 0. The van der Waals surface area contributed by atoms with E-state index >= 15 is 0 Å². The molecule has 2 aromatic carbocycles. The number of benzene rings is 2. The first kappa shape index (κ1) is 16.7. The zero-order valence-electron chi connectivity index (χ0n) is 15.2. The second kappa shape index (κ2) is 7.64. The van der Waals surface area contributed by atoms with E-state index in [0.29, 0.717) is 17.6 Å². The Kier molecular flexibility index (Phi) is 5.10. The van der Waals surface area contributed by atoms with Crippen LogP contribution in [0.5, 0.6) is 5.75 Å². The van der Waals surface area contributed by atoms with E-state index in [1.807, 2.05) is 6.07 Å². The summed E-state index contributed by atoms with van der Waals surface area (Å²) in [5.41, 5.74) is 4.89. The van der Waals surface area contributed by atoms with E-state index in [-0.39, 0.29) is 0 Å². The summed E-state index contributed by atoms with van der Waals surface area (Å²) >= 11 is 0. The highest BCUT2D eigenvalue weighted by molar-refractivity contribution is 5.73. The fourth-order valence-corrected chi connectivity index (χ4v) is 4.91. The maximum atomic E-state index is 11.1. The second-order valence-electron chi connectivity index (χ2n) is 8.04. The lowest BCUT2D eigenvalue weighted by molar-refractivity contribution is 0.412. The van der Waals surface area contributed by atoms with Crippen LogP contribution in [0.3, 0.4) is 0 Å². The molecule has 1 N–H and O–H groups in total. The smallest absolute Gasteiger partial charge is 0.126 e. The van der Waals surface area contributed by atoms with Crippen molar-refractivity contribution in [3.63, 3.8) is 0 Å². The van der Waals surface area contributed by atoms with Crippen LogP contribution in [0.4, 0.5) is 0 Å². The standard InChI is InChI=1S/C24H30O/c25-24-22(19-12-6-2-7-13-19)16-21(18-10-4-1-5-11-18)17-23(24)20-14-8-3-9-15-20/h2,6-7,12-13,16-18,20,25H,1,3-5,8-11,14-15H2. The van der Waals surface area contributed by atoms with Crippen LogP contribution in [-0.4, -0.2) is 5.11 Å². The third-order valence-electron chi connectivity index (χ3n) is 6.37. The lowest BCUT2D eigenvalue weighted by Gasteiger charge is -2.28. The minimum Gasteiger partial charge on any atom is -0.507 e. The van der Waals surface area contributed by atoms with Gasteiger partial charge in [-0.25, -0.2) is 0 Å². The van der Waals surface area contributed by atoms with Crippen LogP contribution in [0, 0.1) is 0 Å². The topological polar surface area (TPSA) is 20.2 Å². The number of phenolic OH excluding ortho intramolecular Hbond substituents is 1. The minimum absolute atomic E-state index is 0.539. The molecule has 0 atom stereocenters. The van der Waals surface area contributed by atoms with E-state index in [9.17, 15) is 5.11 Å². The average molecular weight is 335 g/mol. The van der Waals surface area contributed by atoms with Crippen molar-refractivity contribution in [2.45, 2.75) is 76.0 Å². The molecule has 4 rings (SSSR count). The summed E-state index contributed by atoms with van der Waals surface area (Å²) in [6.07, 6.45) is 13.1. The summed E-state index contributed by atoms with van der Waals surface area (Å²) in [6, 6.07) is 15.1. The van der Waals surface area contributed by atoms with Gasteiger partial charge in [-0.3, -0.25) is 0 Å². The van der Waals surface area contributed by atoms with Gasteiger partial charge in [0.05, 0.1) is 0 Å². The van der Waals surface area contributed by atoms with Crippen molar-refractivity contribution >= 4 is 0 Å². The third kappa shape index (κ3) is 3.61. The fourth-order valence-electron chi connectivity index (χ4n) is 4.91. The number of phenols is 1. The van der Waals surface area contributed by atoms with E-state index in [0.717, 1.165) is 11.1 Å². The Morgan fingerprint density at radius 1 is 0.680 bits per heavy atom. The van der Waals surface area contributed by atoms with Gasteiger partial charge < -0.3 is 5.11 Å². The van der Waals surface area contributed by atoms with Gasteiger partial charge in [-0.05, 0) is 60.3 Å². The van der Waals surface area contributed by atoms with Gasteiger partial charge in [-0.1, -0.05) is 74.9 Å². The lowest BCUT2D eigenvalue weighted by atomic mass is 9.78. The third-order valence-corrected chi connectivity index (χ3v) is 6.37. The first-order valence-electron chi connectivity index (χ1n) is 10.2. The van der Waals surface area contributed by atoms with Crippen molar-refractivity contribution in [3.8, 4) is 16.9 Å². The Labute approximate surface area is 152 Å². The van der Waals surface area contributed by atoms with E-state index in [2.05, 4.69) is 36.4 Å². The Balaban J connectivity index is 1.78. The highest BCUT2D eigenvalue weighted by Crippen LogP contribution is 2.45. The molecular formula is C24H30O. The molecule has 25 heavy (non-hydrogen) atoms. The van der Waals surface area contributed by atoms with Crippen molar-refractivity contribution in [1.29, 1.82) is 0 Å². The summed E-state index contributed by atoms with van der Waals surface area (Å²) in [4.78, 5) is 0. The molecule has 0 aliphatic heterocycles. The van der Waals surface area contributed by atoms with Crippen LogP contribution in [0.1, 0.15) is 87.2 Å². The maximum absolute atomic E-state index is 11.1. The first-order chi connectivity index (χ1) is 12.3. The molecule has 1 heteroatoms. The van der Waals surface area contributed by atoms with Gasteiger partial charge in [0.15, 0.2) is 0 Å². The zero-order valence-corrected chi connectivity index (χ0v) is 15.2. The Bertz CT molecular complexity index is 692. The highest BCUT2D eigenvalue weighted by Gasteiger charge is 2.24.